The fourth-order valence-corrected chi connectivity index (χ4v) is 11.3. The summed E-state index contributed by atoms with van der Waals surface area (Å²) in [6.07, 6.45) is 9.84. The van der Waals surface area contributed by atoms with E-state index in [9.17, 15) is 14.7 Å². The van der Waals surface area contributed by atoms with E-state index < -0.39 is 11.4 Å². The van der Waals surface area contributed by atoms with E-state index in [-0.39, 0.29) is 79.0 Å². The number of hydrogen-bond acceptors (Lipinski definition) is 3. The van der Waals surface area contributed by atoms with Gasteiger partial charge in [0.15, 0.2) is 0 Å². The van der Waals surface area contributed by atoms with Gasteiger partial charge < -0.3 is 9.90 Å². The van der Waals surface area contributed by atoms with Crippen LogP contribution in [0.3, 0.4) is 0 Å². The van der Waals surface area contributed by atoms with Gasteiger partial charge in [-0.05, 0) is 111 Å². The average molecular weight is 493 g/mol. The van der Waals surface area contributed by atoms with Gasteiger partial charge in [0.2, 0.25) is 0 Å². The molecule has 3 nitrogen and oxygen atoms in total. The Kier molecular flexibility index (Phi) is 6.90. The Morgan fingerprint density at radius 3 is 2.18 bits per heavy atom. The molecule has 0 amide bonds. The summed E-state index contributed by atoms with van der Waals surface area (Å²) in [7, 11) is 0. The number of carboxylic acid groups (broad SMARTS) is 1. The van der Waals surface area contributed by atoms with Gasteiger partial charge in [-0.3, -0.25) is 4.79 Å². The largest absolute Gasteiger partial charge is 1.00 e. The van der Waals surface area contributed by atoms with Crippen molar-refractivity contribution in [1.82, 2.24) is 0 Å². The molecule has 0 aromatic rings. The third-order valence-corrected chi connectivity index (χ3v) is 13.2. The number of carbonyl (C=O) groups is 2. The minimum atomic E-state index is -0.797. The molecular formula is C30H45KO3. The molecule has 5 fully saturated rings. The maximum Gasteiger partial charge on any atom is 1.00 e. The molecule has 34 heavy (non-hydrogen) atoms. The van der Waals surface area contributed by atoms with Gasteiger partial charge in [-0.15, -0.1) is 0 Å². The van der Waals surface area contributed by atoms with Gasteiger partial charge in [0.05, 0.1) is 0 Å². The van der Waals surface area contributed by atoms with Crippen LogP contribution in [0.5, 0.6) is 0 Å². The maximum absolute atomic E-state index is 12.9. The van der Waals surface area contributed by atoms with E-state index in [1.165, 1.54) is 18.4 Å². The van der Waals surface area contributed by atoms with E-state index in [2.05, 4.69) is 48.1 Å². The molecule has 0 N–H and O–H groups in total. The van der Waals surface area contributed by atoms with Crippen molar-refractivity contribution in [3.63, 3.8) is 0 Å². The summed E-state index contributed by atoms with van der Waals surface area (Å²) >= 11 is 0. The second-order valence-corrected chi connectivity index (χ2v) is 14.3. The Bertz CT molecular complexity index is 909. The zero-order valence-electron chi connectivity index (χ0n) is 22.9. The van der Waals surface area contributed by atoms with Gasteiger partial charge in [0.1, 0.15) is 5.78 Å². The topological polar surface area (TPSA) is 57.2 Å². The van der Waals surface area contributed by atoms with Crippen molar-refractivity contribution < 1.29 is 66.1 Å². The second kappa shape index (κ2) is 8.51. The molecule has 0 saturated heterocycles. The number of hydrogen-bond donors (Lipinski definition) is 0. The Morgan fingerprint density at radius 1 is 0.882 bits per heavy atom. The van der Waals surface area contributed by atoms with Gasteiger partial charge in [0, 0.05) is 23.2 Å². The molecule has 0 aromatic heterocycles. The van der Waals surface area contributed by atoms with Gasteiger partial charge in [0.25, 0.3) is 0 Å². The van der Waals surface area contributed by atoms with Crippen LogP contribution in [0, 0.1) is 56.7 Å². The predicted octanol–water partition coefficient (Wildman–Crippen LogP) is 2.97. The predicted molar refractivity (Wildman–Crippen MR) is 129 cm³/mol. The molecule has 5 aliphatic rings. The Morgan fingerprint density at radius 2 is 1.56 bits per heavy atom. The maximum atomic E-state index is 12.9. The summed E-state index contributed by atoms with van der Waals surface area (Å²) in [4.78, 5) is 25.5. The fraction of sp³-hybridized carbons (Fsp3) is 0.867. The molecule has 0 heterocycles. The van der Waals surface area contributed by atoms with Crippen molar-refractivity contribution in [2.45, 2.75) is 106 Å². The number of fused-ring (bicyclic) bond motifs is 7. The van der Waals surface area contributed by atoms with Crippen LogP contribution < -0.4 is 56.5 Å². The number of carbonyl (C=O) groups excluding carboxylic acids is 2. The average Bonchev–Trinajstić information content (AvgIpc) is 3.13. The molecule has 9 atom stereocenters. The SMILES string of the molecule is C=C(C)C1CCC2(C(=O)[O-])CCC3(C)C(CCC4C5(C)CCC(=O)C(C)(C)C5CCC43C)C12.[K+]. The molecule has 0 bridgehead atoms. The zero-order chi connectivity index (χ0) is 24.2. The first-order valence-corrected chi connectivity index (χ1v) is 13.7. The second-order valence-electron chi connectivity index (χ2n) is 14.3. The number of Topliss-reactive ketones (excluding diaryl/α,β-unsaturated/α-hetero) is 1. The molecular weight excluding hydrogens is 447 g/mol. The molecule has 0 aromatic carbocycles. The summed E-state index contributed by atoms with van der Waals surface area (Å²) in [5.74, 6) is 1.64. The van der Waals surface area contributed by atoms with Crippen LogP contribution in [0.2, 0.25) is 0 Å². The van der Waals surface area contributed by atoms with Crippen LogP contribution in [-0.2, 0) is 9.59 Å². The molecule has 5 aliphatic carbocycles. The Balaban J connectivity index is 0.00000274. The first-order valence-electron chi connectivity index (χ1n) is 13.7. The van der Waals surface area contributed by atoms with Crippen LogP contribution in [0.25, 0.3) is 0 Å². The van der Waals surface area contributed by atoms with Crippen LogP contribution in [0.1, 0.15) is 106 Å². The fourth-order valence-electron chi connectivity index (χ4n) is 11.3. The summed E-state index contributed by atoms with van der Waals surface area (Å²) < 4.78 is 0. The zero-order valence-corrected chi connectivity index (χ0v) is 26.0. The summed E-state index contributed by atoms with van der Waals surface area (Å²) in [6, 6.07) is 0. The number of carboxylic acids is 1. The van der Waals surface area contributed by atoms with E-state index in [0.29, 0.717) is 29.5 Å². The third-order valence-electron chi connectivity index (χ3n) is 13.2. The van der Waals surface area contributed by atoms with E-state index in [1.807, 2.05) is 0 Å². The Labute approximate surface area is 250 Å². The van der Waals surface area contributed by atoms with Crippen LogP contribution in [0.15, 0.2) is 12.2 Å². The van der Waals surface area contributed by atoms with E-state index in [1.54, 1.807) is 0 Å². The number of allylic oxidation sites excluding steroid dienone is 1. The molecule has 0 aliphatic heterocycles. The minimum absolute atomic E-state index is 0. The van der Waals surface area contributed by atoms with E-state index in [4.69, 9.17) is 0 Å². The first kappa shape index (κ1) is 27.5. The summed E-state index contributed by atoms with van der Waals surface area (Å²) in [6.45, 7) is 18.4. The molecule has 9 unspecified atom stereocenters. The van der Waals surface area contributed by atoms with Crippen molar-refractivity contribution in [1.29, 1.82) is 0 Å². The van der Waals surface area contributed by atoms with Crippen molar-refractivity contribution in [3.05, 3.63) is 12.2 Å². The normalized spacial score (nSPS) is 51.2. The van der Waals surface area contributed by atoms with Crippen LogP contribution in [-0.4, -0.2) is 11.8 Å². The van der Waals surface area contributed by atoms with Crippen LogP contribution in [0.4, 0.5) is 0 Å². The molecule has 0 spiro atoms. The molecule has 184 valence electrons. The van der Waals surface area contributed by atoms with E-state index in [0.717, 1.165) is 51.4 Å². The van der Waals surface area contributed by atoms with Gasteiger partial charge >= 0.3 is 51.4 Å². The summed E-state index contributed by atoms with van der Waals surface area (Å²) in [5.41, 5.74) is 0.819. The minimum Gasteiger partial charge on any atom is -0.550 e. The van der Waals surface area contributed by atoms with Crippen molar-refractivity contribution in [3.8, 4) is 0 Å². The van der Waals surface area contributed by atoms with E-state index >= 15 is 0 Å². The number of aliphatic carboxylic acids is 1. The molecule has 4 heteroatoms. The monoisotopic (exact) mass is 492 g/mol. The smallest absolute Gasteiger partial charge is 0.550 e. The van der Waals surface area contributed by atoms with Crippen molar-refractivity contribution >= 4 is 11.8 Å². The van der Waals surface area contributed by atoms with Crippen LogP contribution >= 0.6 is 0 Å². The van der Waals surface area contributed by atoms with Crippen molar-refractivity contribution in [2.24, 2.45) is 56.7 Å². The quantitative estimate of drug-likeness (QED) is 0.440. The first-order chi connectivity index (χ1) is 15.3. The Hall–Kier alpha value is 0.516. The van der Waals surface area contributed by atoms with Gasteiger partial charge in [-0.25, -0.2) is 0 Å². The third kappa shape index (κ3) is 3.26. The number of rotatable bonds is 2. The summed E-state index contributed by atoms with van der Waals surface area (Å²) in [5, 5.41) is 12.6. The van der Waals surface area contributed by atoms with Gasteiger partial charge in [-0.1, -0.05) is 46.8 Å². The standard InChI is InChI=1S/C30H46O3.K/c1-18(2)19-10-15-30(25(32)33)17-16-28(6)20(24(19)30)8-9-22-27(5)13-12-23(31)26(3,4)21(27)11-14-29(22,28)7;/h19-22,24H,1,8-17H2,2-7H3,(H,32,33);/q;+1/p-1. The molecule has 5 rings (SSSR count). The van der Waals surface area contributed by atoms with Crippen molar-refractivity contribution in [2.75, 3.05) is 0 Å². The molecule has 5 saturated carbocycles. The molecule has 0 radical (unpaired) electrons. The van der Waals surface area contributed by atoms with Gasteiger partial charge in [-0.2, -0.15) is 0 Å². The number of ketones is 1.